The smallest absolute Gasteiger partial charge is 0.143 e. The number of benzene rings is 10. The molecule has 2 nitrogen and oxygen atoms in total. The van der Waals surface area contributed by atoms with E-state index in [4.69, 9.17) is 4.42 Å². The summed E-state index contributed by atoms with van der Waals surface area (Å²) in [5, 5.41) is 2.26. The zero-order valence-corrected chi connectivity index (χ0v) is 36.9. The fraction of sp³-hybridized carbons (Fsp3) is 0.0769. The van der Waals surface area contributed by atoms with Gasteiger partial charge in [-0.2, -0.15) is 0 Å². The Morgan fingerprint density at radius 1 is 0.373 bits per heavy atom. The summed E-state index contributed by atoms with van der Waals surface area (Å²) in [5.74, 6) is 0. The lowest BCUT2D eigenvalue weighted by Crippen LogP contribution is -2.28. The second kappa shape index (κ2) is 15.5. The number of furan rings is 1. The van der Waals surface area contributed by atoms with Crippen LogP contribution in [0.1, 0.15) is 56.1 Å². The highest BCUT2D eigenvalue weighted by atomic mass is 16.3. The minimum Gasteiger partial charge on any atom is -0.455 e. The van der Waals surface area contributed by atoms with Gasteiger partial charge in [-0.3, -0.25) is 0 Å². The normalized spacial score (nSPS) is 13.6. The van der Waals surface area contributed by atoms with Crippen molar-refractivity contribution in [3.05, 3.63) is 270 Å². The van der Waals surface area contributed by atoms with Crippen LogP contribution >= 0.6 is 0 Å². The summed E-state index contributed by atoms with van der Waals surface area (Å²) in [7, 11) is 0. The van der Waals surface area contributed by atoms with Crippen LogP contribution in [0.3, 0.4) is 0 Å². The summed E-state index contributed by atoms with van der Waals surface area (Å²) in [5.41, 5.74) is 21.9. The van der Waals surface area contributed by atoms with Gasteiger partial charge in [0.05, 0.1) is 5.41 Å². The Morgan fingerprint density at radius 2 is 0.881 bits per heavy atom. The molecule has 322 valence electrons. The molecule has 0 aliphatic heterocycles. The maximum atomic E-state index is 6.53. The Labute approximate surface area is 394 Å². The van der Waals surface area contributed by atoms with Crippen LogP contribution in [0.4, 0.5) is 17.1 Å². The molecule has 0 saturated carbocycles. The maximum absolute atomic E-state index is 6.53. The lowest BCUT2D eigenvalue weighted by Gasteiger charge is -2.35. The molecule has 0 fully saturated rings. The molecule has 0 amide bonds. The predicted molar refractivity (Wildman–Crippen MR) is 283 cm³/mol. The Bertz CT molecular complexity index is 3630. The fourth-order valence-electron chi connectivity index (χ4n) is 11.6. The zero-order valence-electron chi connectivity index (χ0n) is 36.9. The third-order valence-electron chi connectivity index (χ3n) is 14.6. The topological polar surface area (TPSA) is 16.4 Å². The first-order valence-corrected chi connectivity index (χ1v) is 23.0. The molecule has 2 aliphatic rings. The summed E-state index contributed by atoms with van der Waals surface area (Å²) in [4.78, 5) is 2.47. The van der Waals surface area contributed by atoms with Gasteiger partial charge in [-0.25, -0.2) is 0 Å². The van der Waals surface area contributed by atoms with Crippen molar-refractivity contribution in [2.45, 2.75) is 32.1 Å². The quantitative estimate of drug-likeness (QED) is 0.159. The van der Waals surface area contributed by atoms with Gasteiger partial charge in [0.15, 0.2) is 0 Å². The van der Waals surface area contributed by atoms with Gasteiger partial charge in [-0.15, -0.1) is 0 Å². The van der Waals surface area contributed by atoms with Crippen molar-refractivity contribution in [1.82, 2.24) is 0 Å². The maximum Gasteiger partial charge on any atom is 0.143 e. The molecule has 13 rings (SSSR count). The van der Waals surface area contributed by atoms with E-state index in [0.29, 0.717) is 0 Å². The number of para-hydroxylation sites is 2. The SMILES string of the molecule is C.CC1(C)c2ccccc2-c2ccc(N(c3ccc(-c4cccc5c4oc4ccccc45)cc3)c3ccc4c(c3)C(c3ccccc3)(c3ccccc3)c3cccc(-c5ccccc5)c3-4)cc21.[HH]. The van der Waals surface area contributed by atoms with E-state index in [9.17, 15) is 0 Å². The molecule has 10 aromatic carbocycles. The van der Waals surface area contributed by atoms with Crippen molar-refractivity contribution in [2.75, 3.05) is 4.90 Å². The van der Waals surface area contributed by atoms with Crippen molar-refractivity contribution >= 4 is 39.0 Å². The molecular formula is C65H51NO. The van der Waals surface area contributed by atoms with E-state index in [0.717, 1.165) is 50.1 Å². The molecule has 0 radical (unpaired) electrons. The van der Waals surface area contributed by atoms with Crippen LogP contribution in [0.25, 0.3) is 66.4 Å². The van der Waals surface area contributed by atoms with Gasteiger partial charge in [-0.1, -0.05) is 215 Å². The third kappa shape index (κ3) is 5.96. The van der Waals surface area contributed by atoms with Crippen molar-refractivity contribution in [3.63, 3.8) is 0 Å². The molecule has 0 unspecified atom stereocenters. The monoisotopic (exact) mass is 861 g/mol. The van der Waals surface area contributed by atoms with Gasteiger partial charge in [0.25, 0.3) is 0 Å². The number of rotatable bonds is 7. The van der Waals surface area contributed by atoms with E-state index in [1.807, 2.05) is 6.07 Å². The second-order valence-corrected chi connectivity index (χ2v) is 18.4. The zero-order chi connectivity index (χ0) is 44.0. The van der Waals surface area contributed by atoms with E-state index in [1.165, 1.54) is 66.8 Å². The summed E-state index contributed by atoms with van der Waals surface area (Å²) in [6.45, 7) is 4.73. The number of fused-ring (bicyclic) bond motifs is 9. The van der Waals surface area contributed by atoms with Gasteiger partial charge >= 0.3 is 0 Å². The number of nitrogens with zero attached hydrogens (tertiary/aromatic N) is 1. The van der Waals surface area contributed by atoms with Crippen LogP contribution in [0.5, 0.6) is 0 Å². The summed E-state index contributed by atoms with van der Waals surface area (Å²) in [6, 6.07) is 87.1. The molecule has 0 bridgehead atoms. The van der Waals surface area contributed by atoms with Gasteiger partial charge in [0.1, 0.15) is 11.2 Å². The van der Waals surface area contributed by atoms with Gasteiger partial charge in [0, 0.05) is 40.2 Å². The first kappa shape index (κ1) is 40.3. The highest BCUT2D eigenvalue weighted by Crippen LogP contribution is 2.60. The Morgan fingerprint density at radius 3 is 1.61 bits per heavy atom. The van der Waals surface area contributed by atoms with E-state index in [-0.39, 0.29) is 14.3 Å². The first-order chi connectivity index (χ1) is 32.5. The van der Waals surface area contributed by atoms with Gasteiger partial charge in [-0.05, 0) is 115 Å². The molecule has 67 heavy (non-hydrogen) atoms. The average Bonchev–Trinajstić information content (AvgIpc) is 3.99. The van der Waals surface area contributed by atoms with Crippen molar-refractivity contribution in [2.24, 2.45) is 0 Å². The fourth-order valence-corrected chi connectivity index (χ4v) is 11.6. The molecule has 1 heterocycles. The molecule has 1 aromatic heterocycles. The summed E-state index contributed by atoms with van der Waals surface area (Å²) in [6.07, 6.45) is 0. The molecular weight excluding hydrogens is 811 g/mol. The third-order valence-corrected chi connectivity index (χ3v) is 14.6. The molecule has 0 atom stereocenters. The van der Waals surface area contributed by atoms with E-state index in [2.05, 4.69) is 249 Å². The Balaban J connectivity index is 0.00000253. The van der Waals surface area contributed by atoms with Crippen LogP contribution < -0.4 is 4.90 Å². The standard InChI is InChI=1S/C64H45NO.CH4.H2/c1-63(2)56-29-14-12-24-51(56)52-38-36-47(40-58(52)63)65(46-34-32-43(33-35-46)50-27-16-28-54-53-25-13-15-31-60(53)66-62(50)54)48-37-39-55-59(41-48)64(44-20-8-4-9-21-44,45-22-10-5-11-23-45)57-30-17-26-49(61(55)57)42-18-6-3-7-19-42;;/h3-41H,1-2H3;1H4;1H. The minimum absolute atomic E-state index is 0. The summed E-state index contributed by atoms with van der Waals surface area (Å²) >= 11 is 0. The molecule has 2 aliphatic carbocycles. The van der Waals surface area contributed by atoms with Crippen molar-refractivity contribution < 1.29 is 5.84 Å². The Kier molecular flexibility index (Phi) is 9.31. The second-order valence-electron chi connectivity index (χ2n) is 18.4. The molecule has 0 spiro atoms. The number of hydrogen-bond donors (Lipinski definition) is 0. The number of anilines is 3. The van der Waals surface area contributed by atoms with Gasteiger partial charge in [0.2, 0.25) is 0 Å². The van der Waals surface area contributed by atoms with Crippen LogP contribution in [0, 0.1) is 0 Å². The average molecular weight is 862 g/mol. The van der Waals surface area contributed by atoms with E-state index >= 15 is 0 Å². The van der Waals surface area contributed by atoms with Crippen LogP contribution in [0.2, 0.25) is 0 Å². The predicted octanol–water partition coefficient (Wildman–Crippen LogP) is 17.9. The van der Waals surface area contributed by atoms with Crippen molar-refractivity contribution in [1.29, 1.82) is 0 Å². The summed E-state index contributed by atoms with van der Waals surface area (Å²) < 4.78 is 6.53. The first-order valence-electron chi connectivity index (χ1n) is 23.0. The largest absolute Gasteiger partial charge is 0.455 e. The highest BCUT2D eigenvalue weighted by molar-refractivity contribution is 6.09. The lowest BCUT2D eigenvalue weighted by atomic mass is 9.67. The molecule has 11 aromatic rings. The lowest BCUT2D eigenvalue weighted by molar-refractivity contribution is 0.660. The Hall–Kier alpha value is -8.20. The van der Waals surface area contributed by atoms with Crippen molar-refractivity contribution in [3.8, 4) is 44.5 Å². The van der Waals surface area contributed by atoms with Crippen LogP contribution in [-0.2, 0) is 10.8 Å². The van der Waals surface area contributed by atoms with Crippen LogP contribution in [0.15, 0.2) is 241 Å². The van der Waals surface area contributed by atoms with E-state index < -0.39 is 5.41 Å². The molecule has 2 heteroatoms. The van der Waals surface area contributed by atoms with Gasteiger partial charge < -0.3 is 9.32 Å². The minimum atomic E-state index is -0.587. The molecule has 0 saturated heterocycles. The van der Waals surface area contributed by atoms with E-state index in [1.54, 1.807) is 0 Å². The highest BCUT2D eigenvalue weighted by Gasteiger charge is 2.47. The van der Waals surface area contributed by atoms with Crippen LogP contribution in [-0.4, -0.2) is 0 Å². The number of hydrogen-bond acceptors (Lipinski definition) is 2. The molecule has 0 N–H and O–H groups in total.